The Morgan fingerprint density at radius 1 is 1.16 bits per heavy atom. The van der Waals surface area contributed by atoms with Crippen molar-refractivity contribution < 1.29 is 9.47 Å². The molecule has 6 heteroatoms. The standard InChI is InChI=1S/C13H24N4O2/c14-13(17-5-7-18-8-6-17)15-3-4-16-9-11-1-2-12(10-16)19-11/h11-12H,1-10H2,(H2,14,15). The fourth-order valence-corrected chi connectivity index (χ4v) is 3.08. The zero-order chi connectivity index (χ0) is 13.1. The van der Waals surface area contributed by atoms with Crippen molar-refractivity contribution in [3.63, 3.8) is 0 Å². The lowest BCUT2D eigenvalue weighted by Gasteiger charge is -2.32. The van der Waals surface area contributed by atoms with E-state index in [-0.39, 0.29) is 0 Å². The summed E-state index contributed by atoms with van der Waals surface area (Å²) in [6, 6.07) is 0. The number of ether oxygens (including phenoxy) is 2. The first-order valence-corrected chi connectivity index (χ1v) is 7.32. The van der Waals surface area contributed by atoms with Crippen LogP contribution in [-0.2, 0) is 9.47 Å². The summed E-state index contributed by atoms with van der Waals surface area (Å²) in [4.78, 5) is 9.06. The Morgan fingerprint density at radius 3 is 2.53 bits per heavy atom. The zero-order valence-corrected chi connectivity index (χ0v) is 11.5. The second-order valence-corrected chi connectivity index (χ2v) is 5.56. The van der Waals surface area contributed by atoms with Gasteiger partial charge in [0.25, 0.3) is 0 Å². The van der Waals surface area contributed by atoms with E-state index in [1.165, 1.54) is 12.8 Å². The van der Waals surface area contributed by atoms with Crippen molar-refractivity contribution in [2.24, 2.45) is 10.7 Å². The Bertz CT molecular complexity index is 319. The topological polar surface area (TPSA) is 63.3 Å². The molecule has 0 saturated carbocycles. The first-order valence-electron chi connectivity index (χ1n) is 7.32. The summed E-state index contributed by atoms with van der Waals surface area (Å²) in [5.74, 6) is 0.666. The molecule has 2 atom stereocenters. The summed E-state index contributed by atoms with van der Waals surface area (Å²) in [6.07, 6.45) is 3.36. The van der Waals surface area contributed by atoms with Crippen molar-refractivity contribution in [1.29, 1.82) is 0 Å². The largest absolute Gasteiger partial charge is 0.378 e. The molecular weight excluding hydrogens is 244 g/mol. The number of nitrogens with zero attached hydrogens (tertiary/aromatic N) is 3. The van der Waals surface area contributed by atoms with E-state index in [1.54, 1.807) is 0 Å². The molecule has 2 unspecified atom stereocenters. The van der Waals surface area contributed by atoms with Gasteiger partial charge in [-0.25, -0.2) is 0 Å². The summed E-state index contributed by atoms with van der Waals surface area (Å²) in [5, 5.41) is 0. The van der Waals surface area contributed by atoms with Crippen LogP contribution in [0.25, 0.3) is 0 Å². The van der Waals surface area contributed by atoms with Crippen LogP contribution in [0, 0.1) is 0 Å². The molecule has 0 amide bonds. The van der Waals surface area contributed by atoms with Gasteiger partial charge in [0, 0.05) is 32.7 Å². The highest BCUT2D eigenvalue weighted by Gasteiger charge is 2.33. The molecule has 0 spiro atoms. The van der Waals surface area contributed by atoms with Crippen molar-refractivity contribution in [2.45, 2.75) is 25.0 Å². The lowest BCUT2D eigenvalue weighted by atomic mass is 10.2. The molecule has 3 saturated heterocycles. The predicted molar refractivity (Wildman–Crippen MR) is 73.2 cm³/mol. The maximum absolute atomic E-state index is 6.01. The molecule has 0 radical (unpaired) electrons. The minimum Gasteiger partial charge on any atom is -0.378 e. The van der Waals surface area contributed by atoms with Gasteiger partial charge < -0.3 is 20.1 Å². The number of nitrogens with two attached hydrogens (primary N) is 1. The Kier molecular flexibility index (Phi) is 4.20. The fourth-order valence-electron chi connectivity index (χ4n) is 3.08. The van der Waals surface area contributed by atoms with Crippen LogP contribution in [0.1, 0.15) is 12.8 Å². The number of aliphatic imine (C=N–C) groups is 1. The number of rotatable bonds is 3. The lowest BCUT2D eigenvalue weighted by Crippen LogP contribution is -2.46. The zero-order valence-electron chi connectivity index (χ0n) is 11.5. The third-order valence-corrected chi connectivity index (χ3v) is 4.14. The number of fused-ring (bicyclic) bond motifs is 2. The molecule has 0 aromatic heterocycles. The van der Waals surface area contributed by atoms with Crippen molar-refractivity contribution in [3.05, 3.63) is 0 Å². The van der Waals surface area contributed by atoms with Crippen LogP contribution in [0.4, 0.5) is 0 Å². The first kappa shape index (κ1) is 13.1. The van der Waals surface area contributed by atoms with Crippen molar-refractivity contribution in [3.8, 4) is 0 Å². The van der Waals surface area contributed by atoms with Gasteiger partial charge in [0.2, 0.25) is 0 Å². The molecule has 0 aromatic rings. The summed E-state index contributed by atoms with van der Waals surface area (Å²) in [6.45, 7) is 7.11. The molecule has 3 heterocycles. The highest BCUT2D eigenvalue weighted by Crippen LogP contribution is 2.25. The number of likely N-dealkylation sites (tertiary alicyclic amines) is 1. The monoisotopic (exact) mass is 268 g/mol. The summed E-state index contributed by atoms with van der Waals surface area (Å²) < 4.78 is 11.1. The van der Waals surface area contributed by atoms with Crippen LogP contribution >= 0.6 is 0 Å². The highest BCUT2D eigenvalue weighted by molar-refractivity contribution is 5.78. The number of hydrogen-bond donors (Lipinski definition) is 1. The van der Waals surface area contributed by atoms with Crippen LogP contribution < -0.4 is 5.73 Å². The SMILES string of the molecule is NC(=NCCN1CC2CCC(C1)O2)N1CCOCC1. The Labute approximate surface area is 114 Å². The van der Waals surface area contributed by atoms with Gasteiger partial charge in [-0.15, -0.1) is 0 Å². The maximum Gasteiger partial charge on any atom is 0.191 e. The van der Waals surface area contributed by atoms with Gasteiger partial charge in [-0.2, -0.15) is 0 Å². The quantitative estimate of drug-likeness (QED) is 0.552. The second kappa shape index (κ2) is 6.07. The lowest BCUT2D eigenvalue weighted by molar-refractivity contribution is -0.0370. The van der Waals surface area contributed by atoms with E-state index >= 15 is 0 Å². The Hall–Kier alpha value is -0.850. The molecular formula is C13H24N4O2. The second-order valence-electron chi connectivity index (χ2n) is 5.56. The van der Waals surface area contributed by atoms with Gasteiger partial charge in [-0.3, -0.25) is 9.89 Å². The van der Waals surface area contributed by atoms with Gasteiger partial charge in [-0.05, 0) is 12.8 Å². The Balaban J connectivity index is 1.42. The smallest absolute Gasteiger partial charge is 0.191 e. The van der Waals surface area contributed by atoms with E-state index in [1.807, 2.05) is 0 Å². The van der Waals surface area contributed by atoms with Gasteiger partial charge >= 0.3 is 0 Å². The molecule has 0 aromatic carbocycles. The van der Waals surface area contributed by atoms with Gasteiger partial charge in [0.15, 0.2) is 5.96 Å². The highest BCUT2D eigenvalue weighted by atomic mass is 16.5. The molecule has 2 bridgehead atoms. The van der Waals surface area contributed by atoms with Crippen molar-refractivity contribution in [2.75, 3.05) is 52.5 Å². The van der Waals surface area contributed by atoms with E-state index in [2.05, 4.69) is 14.8 Å². The first-order chi connectivity index (χ1) is 9.31. The third kappa shape index (κ3) is 3.38. The predicted octanol–water partition coefficient (Wildman–Crippen LogP) is -0.503. The number of morpholine rings is 2. The summed E-state index contributed by atoms with van der Waals surface area (Å²) >= 11 is 0. The van der Waals surface area contributed by atoms with Gasteiger partial charge in [0.1, 0.15) is 0 Å². The average Bonchev–Trinajstić information content (AvgIpc) is 2.79. The van der Waals surface area contributed by atoms with Crippen LogP contribution in [-0.4, -0.2) is 80.4 Å². The van der Waals surface area contributed by atoms with Crippen LogP contribution in [0.3, 0.4) is 0 Å². The Morgan fingerprint density at radius 2 is 1.84 bits per heavy atom. The van der Waals surface area contributed by atoms with Crippen LogP contribution in [0.5, 0.6) is 0 Å². The average molecular weight is 268 g/mol. The van der Waals surface area contributed by atoms with Crippen molar-refractivity contribution >= 4 is 5.96 Å². The van der Waals surface area contributed by atoms with Crippen LogP contribution in [0.15, 0.2) is 4.99 Å². The van der Waals surface area contributed by atoms with E-state index < -0.39 is 0 Å². The minimum atomic E-state index is 0.458. The molecule has 3 rings (SSSR count). The molecule has 0 aliphatic carbocycles. The molecule has 6 nitrogen and oxygen atoms in total. The molecule has 3 fully saturated rings. The minimum absolute atomic E-state index is 0.458. The molecule has 108 valence electrons. The number of hydrogen-bond acceptors (Lipinski definition) is 4. The molecule has 3 aliphatic rings. The maximum atomic E-state index is 6.01. The van der Waals surface area contributed by atoms with Gasteiger partial charge in [-0.1, -0.05) is 0 Å². The van der Waals surface area contributed by atoms with E-state index in [4.69, 9.17) is 15.2 Å². The van der Waals surface area contributed by atoms with Crippen molar-refractivity contribution in [1.82, 2.24) is 9.80 Å². The van der Waals surface area contributed by atoms with Gasteiger partial charge in [0.05, 0.1) is 32.0 Å². The van der Waals surface area contributed by atoms with Crippen LogP contribution in [0.2, 0.25) is 0 Å². The molecule has 3 aliphatic heterocycles. The van der Waals surface area contributed by atoms with E-state index in [0.717, 1.165) is 52.5 Å². The molecule has 19 heavy (non-hydrogen) atoms. The summed E-state index contributed by atoms with van der Waals surface area (Å²) in [5.41, 5.74) is 6.01. The normalized spacial score (nSPS) is 32.8. The molecule has 2 N–H and O–H groups in total. The third-order valence-electron chi connectivity index (χ3n) is 4.14. The summed E-state index contributed by atoms with van der Waals surface area (Å²) in [7, 11) is 0. The van der Waals surface area contributed by atoms with E-state index in [9.17, 15) is 0 Å². The fraction of sp³-hybridized carbons (Fsp3) is 0.923. The number of guanidine groups is 1. The van der Waals surface area contributed by atoms with E-state index in [0.29, 0.717) is 18.2 Å².